The number of likely N-dealkylation sites (tertiary alicyclic amines) is 1. The second kappa shape index (κ2) is 9.58. The van der Waals surface area contributed by atoms with E-state index < -0.39 is 0 Å². The van der Waals surface area contributed by atoms with E-state index in [-0.39, 0.29) is 5.91 Å². The molecule has 0 saturated carbocycles. The Morgan fingerprint density at radius 2 is 1.97 bits per heavy atom. The Kier molecular flexibility index (Phi) is 6.63. The number of fused-ring (bicyclic) bond motifs is 1. The minimum atomic E-state index is 0.0116. The molecule has 1 fully saturated rings. The molecular formula is C24H32N6O. The number of hydrogen-bond acceptors (Lipinski definition) is 5. The van der Waals surface area contributed by atoms with Gasteiger partial charge >= 0.3 is 0 Å². The van der Waals surface area contributed by atoms with Gasteiger partial charge in [0, 0.05) is 37.4 Å². The number of likely N-dealkylation sites (N-methyl/N-ethyl adjacent to an activating group) is 2. The van der Waals surface area contributed by atoms with Crippen molar-refractivity contribution in [3.05, 3.63) is 54.4 Å². The smallest absolute Gasteiger partial charge is 0.259 e. The van der Waals surface area contributed by atoms with Crippen molar-refractivity contribution in [3.63, 3.8) is 0 Å². The van der Waals surface area contributed by atoms with Crippen molar-refractivity contribution in [2.75, 3.05) is 46.8 Å². The van der Waals surface area contributed by atoms with Crippen LogP contribution in [0.4, 0.5) is 0 Å². The summed E-state index contributed by atoms with van der Waals surface area (Å²) < 4.78 is 1.78. The second-order valence-electron chi connectivity index (χ2n) is 8.47. The molecule has 1 saturated heterocycles. The summed E-state index contributed by atoms with van der Waals surface area (Å²) in [6, 6.07) is 12.4. The Morgan fingerprint density at radius 3 is 2.71 bits per heavy atom. The average molecular weight is 421 g/mol. The van der Waals surface area contributed by atoms with Crippen molar-refractivity contribution < 1.29 is 4.79 Å². The highest BCUT2D eigenvalue weighted by molar-refractivity contribution is 6.00. The molecule has 3 heterocycles. The topological polar surface area (TPSA) is 57.0 Å². The Labute approximate surface area is 184 Å². The van der Waals surface area contributed by atoms with Crippen LogP contribution in [-0.2, 0) is 0 Å². The number of carbonyl (C=O) groups excluding carboxylic acids is 1. The first-order chi connectivity index (χ1) is 15.1. The van der Waals surface area contributed by atoms with Gasteiger partial charge in [-0.25, -0.2) is 9.50 Å². The van der Waals surface area contributed by atoms with Gasteiger partial charge < -0.3 is 9.80 Å². The van der Waals surface area contributed by atoms with Gasteiger partial charge in [0.05, 0.1) is 11.9 Å². The molecule has 0 aliphatic carbocycles. The molecule has 2 aromatic heterocycles. The van der Waals surface area contributed by atoms with Crippen molar-refractivity contribution in [1.29, 1.82) is 0 Å². The van der Waals surface area contributed by atoms with Crippen LogP contribution in [0, 0.1) is 0 Å². The summed E-state index contributed by atoms with van der Waals surface area (Å²) in [4.78, 5) is 24.8. The molecule has 0 N–H and O–H groups in total. The van der Waals surface area contributed by atoms with Crippen molar-refractivity contribution in [2.24, 2.45) is 0 Å². The Bertz CT molecular complexity index is 1020. The molecule has 31 heavy (non-hydrogen) atoms. The van der Waals surface area contributed by atoms with Crippen LogP contribution >= 0.6 is 0 Å². The van der Waals surface area contributed by atoms with E-state index in [0.717, 1.165) is 43.9 Å². The number of amides is 1. The molecule has 0 bridgehead atoms. The van der Waals surface area contributed by atoms with Crippen LogP contribution in [0.15, 0.2) is 48.8 Å². The summed E-state index contributed by atoms with van der Waals surface area (Å²) in [5.41, 5.74) is 3.15. The third kappa shape index (κ3) is 4.62. The van der Waals surface area contributed by atoms with Crippen LogP contribution in [0.5, 0.6) is 0 Å². The zero-order chi connectivity index (χ0) is 21.8. The van der Waals surface area contributed by atoms with Gasteiger partial charge in [0.15, 0.2) is 5.65 Å². The fraction of sp³-hybridized carbons (Fsp3) is 0.458. The van der Waals surface area contributed by atoms with Gasteiger partial charge in [-0.2, -0.15) is 5.10 Å². The minimum Gasteiger partial charge on any atom is -0.336 e. The fourth-order valence-corrected chi connectivity index (χ4v) is 4.41. The van der Waals surface area contributed by atoms with Crippen molar-refractivity contribution in [2.45, 2.75) is 25.8 Å². The molecule has 7 heteroatoms. The Hall–Kier alpha value is -2.77. The van der Waals surface area contributed by atoms with E-state index in [9.17, 15) is 4.79 Å². The van der Waals surface area contributed by atoms with E-state index in [4.69, 9.17) is 0 Å². The van der Waals surface area contributed by atoms with Crippen LogP contribution in [0.2, 0.25) is 0 Å². The van der Waals surface area contributed by atoms with Gasteiger partial charge in [-0.1, -0.05) is 37.3 Å². The van der Waals surface area contributed by atoms with Gasteiger partial charge in [-0.15, -0.1) is 0 Å². The third-order valence-corrected chi connectivity index (χ3v) is 6.14. The molecule has 0 radical (unpaired) electrons. The lowest BCUT2D eigenvalue weighted by Crippen LogP contribution is -2.45. The first-order valence-electron chi connectivity index (χ1n) is 11.1. The lowest BCUT2D eigenvalue weighted by atomic mass is 10.1. The first kappa shape index (κ1) is 21.5. The van der Waals surface area contributed by atoms with Crippen molar-refractivity contribution >= 4 is 11.6 Å². The quantitative estimate of drug-likeness (QED) is 0.561. The highest BCUT2D eigenvalue weighted by Crippen LogP contribution is 2.23. The number of aromatic nitrogens is 3. The van der Waals surface area contributed by atoms with Crippen LogP contribution in [0.1, 0.15) is 30.1 Å². The normalized spacial score (nSPS) is 17.0. The summed E-state index contributed by atoms with van der Waals surface area (Å²) in [6.45, 7) is 6.61. The van der Waals surface area contributed by atoms with Crippen LogP contribution in [0.25, 0.3) is 16.9 Å². The molecule has 164 valence electrons. The van der Waals surface area contributed by atoms with E-state index >= 15 is 0 Å². The maximum absolute atomic E-state index is 13.7. The third-order valence-electron chi connectivity index (χ3n) is 6.14. The van der Waals surface area contributed by atoms with E-state index in [2.05, 4.69) is 26.8 Å². The number of hydrogen-bond donors (Lipinski definition) is 0. The number of benzene rings is 1. The Morgan fingerprint density at radius 1 is 1.16 bits per heavy atom. The minimum absolute atomic E-state index is 0.0116. The monoisotopic (exact) mass is 420 g/mol. The van der Waals surface area contributed by atoms with Gasteiger partial charge in [-0.05, 0) is 46.1 Å². The van der Waals surface area contributed by atoms with Crippen LogP contribution in [0.3, 0.4) is 0 Å². The summed E-state index contributed by atoms with van der Waals surface area (Å²) >= 11 is 0. The molecule has 7 nitrogen and oxygen atoms in total. The number of rotatable bonds is 8. The molecule has 1 amide bonds. The molecule has 1 aromatic carbocycles. The average Bonchev–Trinajstić information content (AvgIpc) is 3.43. The van der Waals surface area contributed by atoms with Gasteiger partial charge in [0.25, 0.3) is 5.91 Å². The second-order valence-corrected chi connectivity index (χ2v) is 8.47. The highest BCUT2D eigenvalue weighted by Gasteiger charge is 2.29. The predicted octanol–water partition coefficient (Wildman–Crippen LogP) is 2.88. The molecular weight excluding hydrogens is 388 g/mol. The van der Waals surface area contributed by atoms with E-state index in [1.54, 1.807) is 16.9 Å². The molecule has 4 rings (SSSR count). The standard InChI is InChI=1S/C24H32N6O/c1-4-28-14-8-11-20(28)18-29(16-15-27(2)3)24(31)21-17-26-30-22(12-13-25-23(21)30)19-9-6-5-7-10-19/h5-7,9-10,12-13,17,20H,4,8,11,14-16,18H2,1-3H3. The van der Waals surface area contributed by atoms with Gasteiger partial charge in [-0.3, -0.25) is 9.69 Å². The van der Waals surface area contributed by atoms with Gasteiger partial charge in [0.1, 0.15) is 5.56 Å². The van der Waals surface area contributed by atoms with Crippen molar-refractivity contribution in [3.8, 4) is 11.3 Å². The largest absolute Gasteiger partial charge is 0.336 e. The summed E-state index contributed by atoms with van der Waals surface area (Å²) in [7, 11) is 4.08. The lowest BCUT2D eigenvalue weighted by molar-refractivity contribution is 0.0696. The number of nitrogens with zero attached hydrogens (tertiary/aromatic N) is 6. The molecule has 3 aromatic rings. The fourth-order valence-electron chi connectivity index (χ4n) is 4.41. The highest BCUT2D eigenvalue weighted by atomic mass is 16.2. The molecule has 1 aliphatic rings. The first-order valence-corrected chi connectivity index (χ1v) is 11.1. The molecule has 1 atom stereocenters. The summed E-state index contributed by atoms with van der Waals surface area (Å²) in [6.07, 6.45) is 5.78. The van der Waals surface area contributed by atoms with E-state index in [0.29, 0.717) is 23.8 Å². The zero-order valence-electron chi connectivity index (χ0n) is 18.7. The summed E-state index contributed by atoms with van der Waals surface area (Å²) in [5.74, 6) is 0.0116. The van der Waals surface area contributed by atoms with E-state index in [1.165, 1.54) is 6.42 Å². The predicted molar refractivity (Wildman–Crippen MR) is 123 cm³/mol. The molecule has 1 aliphatic heterocycles. The van der Waals surface area contributed by atoms with Crippen LogP contribution in [-0.4, -0.2) is 88.1 Å². The molecule has 1 unspecified atom stereocenters. The Balaban J connectivity index is 1.64. The maximum Gasteiger partial charge on any atom is 0.259 e. The maximum atomic E-state index is 13.7. The van der Waals surface area contributed by atoms with E-state index in [1.807, 2.05) is 55.4 Å². The SMILES string of the molecule is CCN1CCCC1CN(CCN(C)C)C(=O)c1cnn2c(-c3ccccc3)ccnc12. The van der Waals surface area contributed by atoms with Crippen molar-refractivity contribution in [1.82, 2.24) is 29.3 Å². The zero-order valence-corrected chi connectivity index (χ0v) is 18.7. The lowest BCUT2D eigenvalue weighted by Gasteiger charge is -2.31. The van der Waals surface area contributed by atoms with Gasteiger partial charge in [0.2, 0.25) is 0 Å². The number of carbonyl (C=O) groups is 1. The molecule has 0 spiro atoms. The van der Waals surface area contributed by atoms with Crippen LogP contribution < -0.4 is 0 Å². The summed E-state index contributed by atoms with van der Waals surface area (Å²) in [5, 5.41) is 4.54.